The molecule has 1 saturated heterocycles. The molecule has 1 aliphatic carbocycles. The van der Waals surface area contributed by atoms with E-state index >= 15 is 0 Å². The lowest BCUT2D eigenvalue weighted by molar-refractivity contribution is -0.0390. The van der Waals surface area contributed by atoms with Crippen LogP contribution in [0.4, 0.5) is 0 Å². The Bertz CT molecular complexity index is 895. The van der Waals surface area contributed by atoms with Gasteiger partial charge in [-0.25, -0.2) is 0 Å². The van der Waals surface area contributed by atoms with Crippen LogP contribution in [0.5, 0.6) is 0 Å². The molecule has 2 aliphatic rings. The van der Waals surface area contributed by atoms with E-state index in [-0.39, 0.29) is 30.0 Å². The highest BCUT2D eigenvalue weighted by atomic mass is 127. The van der Waals surface area contributed by atoms with Gasteiger partial charge in [-0.3, -0.25) is 4.99 Å². The second-order valence-corrected chi connectivity index (χ2v) is 8.97. The highest BCUT2D eigenvalue weighted by Gasteiger charge is 2.15. The predicted molar refractivity (Wildman–Crippen MR) is 145 cm³/mol. The van der Waals surface area contributed by atoms with E-state index in [9.17, 15) is 0 Å². The predicted octanol–water partition coefficient (Wildman–Crippen LogP) is 5.31. The fourth-order valence-corrected chi connectivity index (χ4v) is 4.50. The summed E-state index contributed by atoms with van der Waals surface area (Å²) in [5, 5.41) is 6.98. The molecule has 0 aromatic heterocycles. The number of aryl methyl sites for hydroxylation is 2. The van der Waals surface area contributed by atoms with Crippen LogP contribution >= 0.6 is 24.0 Å². The zero-order valence-electron chi connectivity index (χ0n) is 19.9. The Morgan fingerprint density at radius 1 is 1.03 bits per heavy atom. The number of benzene rings is 2. The number of halogens is 1. The molecule has 33 heavy (non-hydrogen) atoms. The van der Waals surface area contributed by atoms with E-state index in [2.05, 4.69) is 65.0 Å². The highest BCUT2D eigenvalue weighted by molar-refractivity contribution is 14.0. The van der Waals surface area contributed by atoms with Crippen LogP contribution in [0.3, 0.4) is 0 Å². The average Bonchev–Trinajstić information content (AvgIpc) is 2.86. The molecule has 2 aromatic rings. The summed E-state index contributed by atoms with van der Waals surface area (Å²) in [7, 11) is 1.83. The van der Waals surface area contributed by atoms with E-state index in [1.54, 1.807) is 0 Å². The van der Waals surface area contributed by atoms with Gasteiger partial charge < -0.3 is 20.1 Å². The number of aliphatic imine (C=N–C) groups is 1. The van der Waals surface area contributed by atoms with E-state index < -0.39 is 0 Å². The molecule has 0 bridgehead atoms. The van der Waals surface area contributed by atoms with Crippen molar-refractivity contribution in [3.8, 4) is 0 Å². The van der Waals surface area contributed by atoms with E-state index in [0.29, 0.717) is 12.7 Å². The Morgan fingerprint density at radius 3 is 2.45 bits per heavy atom. The zero-order valence-corrected chi connectivity index (χ0v) is 22.3. The molecule has 1 unspecified atom stereocenters. The first-order valence-corrected chi connectivity index (χ1v) is 12.1. The van der Waals surface area contributed by atoms with Gasteiger partial charge in [-0.05, 0) is 73.3 Å². The van der Waals surface area contributed by atoms with Gasteiger partial charge in [0.1, 0.15) is 0 Å². The average molecular weight is 564 g/mol. The zero-order chi connectivity index (χ0) is 22.2. The van der Waals surface area contributed by atoms with Gasteiger partial charge in [-0.1, -0.05) is 42.5 Å². The fraction of sp³-hybridized carbons (Fsp3) is 0.519. The fourth-order valence-electron chi connectivity index (χ4n) is 4.50. The minimum atomic E-state index is 0. The van der Waals surface area contributed by atoms with Crippen LogP contribution in [0.2, 0.25) is 0 Å². The standard InChI is InChI=1S/C27H37N3O2.HI/c1-20(24-12-11-23-5-3-4-6-25(23)17-24)30-27(28-2)29-18-21-7-9-22(10-8-21)19-32-26-13-15-31-16-14-26;/h7-12,17,20,26H,3-6,13-16,18-19H2,1-2H3,(H2,28,29,30);1H. The Kier molecular flexibility index (Phi) is 10.5. The number of nitrogens with zero attached hydrogens (tertiary/aromatic N) is 1. The maximum atomic E-state index is 6.02. The number of hydrogen-bond acceptors (Lipinski definition) is 3. The molecule has 6 heteroatoms. The van der Waals surface area contributed by atoms with Crippen molar-refractivity contribution >= 4 is 29.9 Å². The van der Waals surface area contributed by atoms with Crippen LogP contribution < -0.4 is 10.6 Å². The first-order valence-electron chi connectivity index (χ1n) is 12.1. The van der Waals surface area contributed by atoms with Gasteiger partial charge in [-0.15, -0.1) is 24.0 Å². The van der Waals surface area contributed by atoms with Gasteiger partial charge in [0.05, 0.1) is 18.8 Å². The van der Waals surface area contributed by atoms with Crippen molar-refractivity contribution in [1.82, 2.24) is 10.6 Å². The SMILES string of the molecule is CN=C(NCc1ccc(COC2CCOCC2)cc1)NC(C)c1ccc2c(c1)CCCC2.I. The van der Waals surface area contributed by atoms with Crippen molar-refractivity contribution in [2.45, 2.75) is 70.7 Å². The monoisotopic (exact) mass is 563 g/mol. The highest BCUT2D eigenvalue weighted by Crippen LogP contribution is 2.24. The topological polar surface area (TPSA) is 54.9 Å². The number of hydrogen-bond donors (Lipinski definition) is 2. The summed E-state index contributed by atoms with van der Waals surface area (Å²) in [6.45, 7) is 5.23. The lowest BCUT2D eigenvalue weighted by Gasteiger charge is -2.22. The Morgan fingerprint density at radius 2 is 1.73 bits per heavy atom. The Hall–Kier alpha value is -1.64. The molecule has 1 atom stereocenters. The molecule has 1 heterocycles. The van der Waals surface area contributed by atoms with Gasteiger partial charge >= 0.3 is 0 Å². The van der Waals surface area contributed by atoms with Crippen LogP contribution in [0, 0.1) is 0 Å². The second kappa shape index (κ2) is 13.3. The summed E-state index contributed by atoms with van der Waals surface area (Å²) in [6, 6.07) is 15.8. The Labute approximate surface area is 215 Å². The third kappa shape index (κ3) is 7.69. The quantitative estimate of drug-likeness (QED) is 0.273. The van der Waals surface area contributed by atoms with Crippen molar-refractivity contribution in [2.75, 3.05) is 20.3 Å². The summed E-state index contributed by atoms with van der Waals surface area (Å²) in [5.41, 5.74) is 6.80. The molecule has 1 fully saturated rings. The van der Waals surface area contributed by atoms with Gasteiger partial charge in [0.2, 0.25) is 0 Å². The largest absolute Gasteiger partial charge is 0.381 e. The normalized spacial score (nSPS) is 17.6. The van der Waals surface area contributed by atoms with Gasteiger partial charge in [0.15, 0.2) is 5.96 Å². The first-order chi connectivity index (χ1) is 15.7. The molecule has 1 aliphatic heterocycles. The number of fused-ring (bicyclic) bond motifs is 1. The van der Waals surface area contributed by atoms with E-state index in [1.165, 1.54) is 53.5 Å². The molecular weight excluding hydrogens is 525 g/mol. The van der Waals surface area contributed by atoms with Crippen LogP contribution in [0.1, 0.15) is 66.5 Å². The van der Waals surface area contributed by atoms with Crippen molar-refractivity contribution in [2.24, 2.45) is 4.99 Å². The van der Waals surface area contributed by atoms with Crippen LogP contribution in [-0.4, -0.2) is 32.3 Å². The van der Waals surface area contributed by atoms with E-state index in [1.807, 2.05) is 7.05 Å². The van der Waals surface area contributed by atoms with Crippen LogP contribution in [-0.2, 0) is 35.5 Å². The lowest BCUT2D eigenvalue weighted by Crippen LogP contribution is -2.38. The van der Waals surface area contributed by atoms with Gasteiger partial charge in [0, 0.05) is 26.8 Å². The Balaban J connectivity index is 0.00000306. The van der Waals surface area contributed by atoms with Crippen molar-refractivity contribution in [3.05, 3.63) is 70.3 Å². The molecule has 4 rings (SSSR count). The smallest absolute Gasteiger partial charge is 0.191 e. The van der Waals surface area contributed by atoms with Crippen molar-refractivity contribution in [3.63, 3.8) is 0 Å². The minimum absolute atomic E-state index is 0. The summed E-state index contributed by atoms with van der Waals surface area (Å²) >= 11 is 0. The van der Waals surface area contributed by atoms with Crippen molar-refractivity contribution in [1.29, 1.82) is 0 Å². The minimum Gasteiger partial charge on any atom is -0.381 e. The number of nitrogens with one attached hydrogen (secondary N) is 2. The van der Waals surface area contributed by atoms with Crippen molar-refractivity contribution < 1.29 is 9.47 Å². The summed E-state index contributed by atoms with van der Waals surface area (Å²) in [4.78, 5) is 4.42. The molecule has 5 nitrogen and oxygen atoms in total. The summed E-state index contributed by atoms with van der Waals surface area (Å²) < 4.78 is 11.4. The molecule has 0 amide bonds. The summed E-state index contributed by atoms with van der Waals surface area (Å²) in [6.07, 6.45) is 7.38. The maximum absolute atomic E-state index is 6.02. The third-order valence-electron chi connectivity index (χ3n) is 6.59. The molecule has 0 radical (unpaired) electrons. The maximum Gasteiger partial charge on any atom is 0.191 e. The molecule has 0 saturated carbocycles. The molecule has 2 N–H and O–H groups in total. The number of ether oxygens (including phenoxy) is 2. The lowest BCUT2D eigenvalue weighted by atomic mass is 9.89. The summed E-state index contributed by atoms with van der Waals surface area (Å²) in [5.74, 6) is 0.821. The molecule has 180 valence electrons. The van der Waals surface area contributed by atoms with E-state index in [0.717, 1.165) is 38.6 Å². The number of rotatable bonds is 7. The second-order valence-electron chi connectivity index (χ2n) is 8.97. The van der Waals surface area contributed by atoms with Crippen LogP contribution in [0.15, 0.2) is 47.5 Å². The van der Waals surface area contributed by atoms with Gasteiger partial charge in [0.25, 0.3) is 0 Å². The molecular formula is C27H38IN3O2. The van der Waals surface area contributed by atoms with Gasteiger partial charge in [-0.2, -0.15) is 0 Å². The van der Waals surface area contributed by atoms with E-state index in [4.69, 9.17) is 9.47 Å². The van der Waals surface area contributed by atoms with Crippen LogP contribution in [0.25, 0.3) is 0 Å². The molecule has 0 spiro atoms. The third-order valence-corrected chi connectivity index (χ3v) is 6.59. The molecule has 2 aromatic carbocycles. The number of guanidine groups is 1. The first kappa shape index (κ1) is 26.0.